The van der Waals surface area contributed by atoms with Gasteiger partial charge >= 0.3 is 0 Å². The largest absolute Gasteiger partial charge is 0.393 e. The topological polar surface area (TPSA) is 60.7 Å². The highest BCUT2D eigenvalue weighted by molar-refractivity contribution is 5.15. The number of aliphatic hydroxyl groups excluding tert-OH is 3. The quantitative estimate of drug-likeness (QED) is 0.556. The molecule has 0 aliphatic heterocycles. The molecule has 4 aliphatic carbocycles. The Morgan fingerprint density at radius 1 is 1.00 bits per heavy atom. The number of hydrogen-bond donors (Lipinski definition) is 3. The minimum atomic E-state index is -2.70. The van der Waals surface area contributed by atoms with Crippen LogP contribution in [0.4, 0.5) is 8.78 Å². The average molecular weight is 443 g/mol. The molecule has 4 unspecified atom stereocenters. The molecular weight excluding hydrogens is 398 g/mol. The van der Waals surface area contributed by atoms with Crippen molar-refractivity contribution in [2.24, 2.45) is 52.3 Å². The summed E-state index contributed by atoms with van der Waals surface area (Å²) < 4.78 is 27.7. The Labute approximate surface area is 187 Å². The summed E-state index contributed by atoms with van der Waals surface area (Å²) in [6, 6.07) is 0. The van der Waals surface area contributed by atoms with E-state index in [0.717, 1.165) is 45.4 Å². The summed E-state index contributed by atoms with van der Waals surface area (Å²) in [6.07, 6.45) is 4.43. The van der Waals surface area contributed by atoms with E-state index in [9.17, 15) is 24.1 Å². The first kappa shape index (κ1) is 23.9. The molecule has 12 atom stereocenters. The third-order valence-electron chi connectivity index (χ3n) is 10.9. The molecule has 0 aromatic heterocycles. The smallest absolute Gasteiger partial charge is 0.245 e. The maximum Gasteiger partial charge on any atom is 0.245 e. The highest BCUT2D eigenvalue weighted by Gasteiger charge is 2.67. The molecule has 0 saturated heterocycles. The third kappa shape index (κ3) is 3.60. The molecule has 4 saturated carbocycles. The van der Waals surface area contributed by atoms with Gasteiger partial charge in [0, 0.05) is 6.42 Å². The monoisotopic (exact) mass is 442 g/mol. The Morgan fingerprint density at radius 3 is 2.29 bits per heavy atom. The second-order valence-electron chi connectivity index (χ2n) is 12.4. The van der Waals surface area contributed by atoms with Gasteiger partial charge in [0.1, 0.15) is 0 Å². The maximum absolute atomic E-state index is 13.8. The van der Waals surface area contributed by atoms with Crippen LogP contribution in [0.25, 0.3) is 0 Å². The van der Waals surface area contributed by atoms with Gasteiger partial charge in [-0.2, -0.15) is 0 Å². The Morgan fingerprint density at radius 2 is 1.68 bits per heavy atom. The van der Waals surface area contributed by atoms with Crippen LogP contribution >= 0.6 is 0 Å². The lowest BCUT2D eigenvalue weighted by Gasteiger charge is -2.65. The molecule has 5 heteroatoms. The van der Waals surface area contributed by atoms with E-state index in [1.165, 1.54) is 0 Å². The summed E-state index contributed by atoms with van der Waals surface area (Å²) in [4.78, 5) is 0. The van der Waals surface area contributed by atoms with Crippen LogP contribution in [0, 0.1) is 52.3 Å². The number of aliphatic hydroxyl groups is 3. The van der Waals surface area contributed by atoms with Crippen LogP contribution in [0.1, 0.15) is 86.0 Å². The molecule has 4 fully saturated rings. The minimum Gasteiger partial charge on any atom is -0.393 e. The molecule has 3 N–H and O–H groups in total. The van der Waals surface area contributed by atoms with Crippen molar-refractivity contribution in [2.45, 2.75) is 110 Å². The first-order valence-electron chi connectivity index (χ1n) is 12.8. The SMILES string of the molecule is CC[C@H]1C(O)C2C3CC[C@H]([C@H](C)CC(C)(F)F)[C@@]3(C)[C@@H](O)CC2[C@@]2(C)CC[C@@H](O)C[C@@H]12. The molecule has 180 valence electrons. The van der Waals surface area contributed by atoms with Crippen molar-refractivity contribution >= 4 is 0 Å². The fraction of sp³-hybridized carbons (Fsp3) is 1.00. The van der Waals surface area contributed by atoms with E-state index >= 15 is 0 Å². The molecule has 0 aromatic rings. The summed E-state index contributed by atoms with van der Waals surface area (Å²) >= 11 is 0. The number of alkyl halides is 2. The molecule has 0 spiro atoms. The lowest BCUT2D eigenvalue weighted by atomic mass is 9.41. The fourth-order valence-corrected chi connectivity index (χ4v) is 9.60. The Bertz CT molecular complexity index is 666. The first-order chi connectivity index (χ1) is 14.3. The van der Waals surface area contributed by atoms with E-state index in [1.807, 2.05) is 6.92 Å². The number of halogens is 2. The van der Waals surface area contributed by atoms with Crippen LogP contribution in [-0.2, 0) is 0 Å². The normalized spacial score (nSPS) is 53.4. The molecule has 3 nitrogen and oxygen atoms in total. The van der Waals surface area contributed by atoms with Gasteiger partial charge in [0.15, 0.2) is 0 Å². The zero-order valence-corrected chi connectivity index (χ0v) is 20.0. The molecule has 0 bridgehead atoms. The predicted molar refractivity (Wildman–Crippen MR) is 118 cm³/mol. The second kappa shape index (κ2) is 7.91. The lowest BCUT2D eigenvalue weighted by molar-refractivity contribution is -0.229. The van der Waals surface area contributed by atoms with Gasteiger partial charge in [-0.25, -0.2) is 8.78 Å². The van der Waals surface area contributed by atoms with E-state index in [4.69, 9.17) is 0 Å². The van der Waals surface area contributed by atoms with Crippen molar-refractivity contribution in [2.75, 3.05) is 0 Å². The molecule has 4 aliphatic rings. The number of fused-ring (bicyclic) bond motifs is 5. The molecule has 0 radical (unpaired) electrons. The second-order valence-corrected chi connectivity index (χ2v) is 12.4. The van der Waals surface area contributed by atoms with Crippen LogP contribution in [0.2, 0.25) is 0 Å². The minimum absolute atomic E-state index is 0.0201. The van der Waals surface area contributed by atoms with Crippen LogP contribution in [0.15, 0.2) is 0 Å². The molecule has 31 heavy (non-hydrogen) atoms. The molecule has 0 heterocycles. The highest BCUT2D eigenvalue weighted by atomic mass is 19.3. The van der Waals surface area contributed by atoms with Crippen molar-refractivity contribution in [1.29, 1.82) is 0 Å². The van der Waals surface area contributed by atoms with Gasteiger partial charge in [0.25, 0.3) is 0 Å². The van der Waals surface area contributed by atoms with Crippen LogP contribution in [-0.4, -0.2) is 39.6 Å². The van der Waals surface area contributed by atoms with Crippen LogP contribution in [0.5, 0.6) is 0 Å². The van der Waals surface area contributed by atoms with Gasteiger partial charge < -0.3 is 15.3 Å². The molecule has 4 rings (SSSR count). The summed E-state index contributed by atoms with van der Waals surface area (Å²) in [5, 5.41) is 33.6. The van der Waals surface area contributed by atoms with Crippen molar-refractivity contribution < 1.29 is 24.1 Å². The Hall–Kier alpha value is -0.260. The van der Waals surface area contributed by atoms with E-state index in [2.05, 4.69) is 20.8 Å². The van der Waals surface area contributed by atoms with Gasteiger partial charge in [0.2, 0.25) is 5.92 Å². The Balaban J connectivity index is 1.69. The van der Waals surface area contributed by atoms with Crippen molar-refractivity contribution in [1.82, 2.24) is 0 Å². The van der Waals surface area contributed by atoms with Gasteiger partial charge in [0.05, 0.1) is 18.3 Å². The van der Waals surface area contributed by atoms with Crippen molar-refractivity contribution in [3.63, 3.8) is 0 Å². The van der Waals surface area contributed by atoms with Gasteiger partial charge in [-0.15, -0.1) is 0 Å². The molecule has 0 amide bonds. The molecular formula is C26H44F2O3. The van der Waals surface area contributed by atoms with Crippen LogP contribution < -0.4 is 0 Å². The van der Waals surface area contributed by atoms with Crippen molar-refractivity contribution in [3.05, 3.63) is 0 Å². The third-order valence-corrected chi connectivity index (χ3v) is 10.9. The van der Waals surface area contributed by atoms with Gasteiger partial charge in [-0.05, 0) is 97.7 Å². The van der Waals surface area contributed by atoms with E-state index < -0.39 is 23.5 Å². The fourth-order valence-electron chi connectivity index (χ4n) is 9.60. The maximum atomic E-state index is 13.8. The van der Waals surface area contributed by atoms with Crippen LogP contribution in [0.3, 0.4) is 0 Å². The van der Waals surface area contributed by atoms with E-state index in [-0.39, 0.29) is 59.4 Å². The standard InChI is InChI=1S/C26H44F2O3/c1-6-16-19-11-15(29)9-10-24(19,3)20-12-21(30)26(5)17(14(2)13-25(4,27)28)7-8-18(26)22(20)23(16)31/h14-23,29-31H,6-13H2,1-5H3/t14-,15-,16-,17-,18?,19+,20?,21+,22?,23?,24+,26-/m1/s1. The van der Waals surface area contributed by atoms with Crippen molar-refractivity contribution in [3.8, 4) is 0 Å². The predicted octanol–water partition coefficient (Wildman–Crippen LogP) is 5.27. The summed E-state index contributed by atoms with van der Waals surface area (Å²) in [5.74, 6) is -1.82. The first-order valence-corrected chi connectivity index (χ1v) is 12.8. The zero-order chi connectivity index (χ0) is 22.9. The summed E-state index contributed by atoms with van der Waals surface area (Å²) in [7, 11) is 0. The zero-order valence-electron chi connectivity index (χ0n) is 20.0. The van der Waals surface area contributed by atoms with E-state index in [0.29, 0.717) is 6.42 Å². The van der Waals surface area contributed by atoms with Gasteiger partial charge in [-0.3, -0.25) is 0 Å². The average Bonchev–Trinajstić information content (AvgIpc) is 3.02. The summed E-state index contributed by atoms with van der Waals surface area (Å²) in [6.45, 7) is 9.56. The number of hydrogen-bond acceptors (Lipinski definition) is 3. The Kier molecular flexibility index (Phi) is 6.09. The molecule has 0 aromatic carbocycles. The number of rotatable bonds is 4. The lowest BCUT2D eigenvalue weighted by Crippen LogP contribution is -2.65. The van der Waals surface area contributed by atoms with Gasteiger partial charge in [-0.1, -0.05) is 34.1 Å². The summed E-state index contributed by atoms with van der Waals surface area (Å²) in [5.41, 5.74) is -0.394. The highest BCUT2D eigenvalue weighted by Crippen LogP contribution is 2.69. The van der Waals surface area contributed by atoms with E-state index in [1.54, 1.807) is 0 Å².